The SMILES string of the molecule is COc1cc(CNc2ccc3c(c2)OC(F)(F)O3)ccc1OC(F)F. The quantitative estimate of drug-likeness (QED) is 0.783. The number of hydrogen-bond acceptors (Lipinski definition) is 5. The van der Waals surface area contributed by atoms with E-state index in [1.807, 2.05) is 0 Å². The molecule has 2 aromatic rings. The maximum atomic E-state index is 13.0. The molecule has 0 unspecified atom stereocenters. The second kappa shape index (κ2) is 6.58. The average Bonchev–Trinajstić information content (AvgIpc) is 2.86. The van der Waals surface area contributed by atoms with Gasteiger partial charge in [-0.25, -0.2) is 0 Å². The first-order chi connectivity index (χ1) is 11.9. The molecule has 1 aliphatic rings. The summed E-state index contributed by atoms with van der Waals surface area (Å²) >= 11 is 0. The molecule has 1 heterocycles. The molecule has 3 rings (SSSR count). The average molecular weight is 359 g/mol. The molecule has 0 aromatic heterocycles. The molecular weight excluding hydrogens is 346 g/mol. The summed E-state index contributed by atoms with van der Waals surface area (Å²) in [7, 11) is 1.34. The summed E-state index contributed by atoms with van der Waals surface area (Å²) in [5.41, 5.74) is 1.23. The Kier molecular flexibility index (Phi) is 4.47. The van der Waals surface area contributed by atoms with Crippen molar-refractivity contribution in [1.82, 2.24) is 0 Å². The Labute approximate surface area is 140 Å². The lowest BCUT2D eigenvalue weighted by atomic mass is 10.2. The fourth-order valence-corrected chi connectivity index (χ4v) is 2.28. The lowest BCUT2D eigenvalue weighted by Gasteiger charge is -2.12. The van der Waals surface area contributed by atoms with E-state index < -0.39 is 12.9 Å². The molecule has 5 nitrogen and oxygen atoms in total. The number of ether oxygens (including phenoxy) is 4. The van der Waals surface area contributed by atoms with E-state index in [0.29, 0.717) is 17.8 Å². The first kappa shape index (κ1) is 17.0. The number of fused-ring (bicyclic) bond motifs is 1. The molecule has 1 N–H and O–H groups in total. The van der Waals surface area contributed by atoms with E-state index in [1.54, 1.807) is 12.1 Å². The molecule has 134 valence electrons. The Morgan fingerprint density at radius 2 is 1.80 bits per heavy atom. The summed E-state index contributed by atoms with van der Waals surface area (Å²) < 4.78 is 68.6. The summed E-state index contributed by atoms with van der Waals surface area (Å²) in [5.74, 6) is -0.0459. The number of benzene rings is 2. The molecule has 0 saturated heterocycles. The van der Waals surface area contributed by atoms with Crippen LogP contribution in [0.1, 0.15) is 5.56 Å². The maximum Gasteiger partial charge on any atom is 0.586 e. The zero-order valence-electron chi connectivity index (χ0n) is 12.9. The van der Waals surface area contributed by atoms with Crippen LogP contribution in [0.15, 0.2) is 36.4 Å². The zero-order valence-corrected chi connectivity index (χ0v) is 12.9. The Morgan fingerprint density at radius 1 is 1.04 bits per heavy atom. The minimum absolute atomic E-state index is 0.0503. The Bertz CT molecular complexity index is 770. The van der Waals surface area contributed by atoms with Crippen LogP contribution in [-0.4, -0.2) is 20.0 Å². The van der Waals surface area contributed by atoms with Crippen molar-refractivity contribution in [2.75, 3.05) is 12.4 Å². The van der Waals surface area contributed by atoms with E-state index in [2.05, 4.69) is 19.5 Å². The van der Waals surface area contributed by atoms with E-state index in [1.165, 1.54) is 31.4 Å². The third kappa shape index (κ3) is 3.98. The van der Waals surface area contributed by atoms with Gasteiger partial charge in [-0.15, -0.1) is 8.78 Å². The van der Waals surface area contributed by atoms with Crippen molar-refractivity contribution in [1.29, 1.82) is 0 Å². The van der Waals surface area contributed by atoms with Crippen LogP contribution in [0.4, 0.5) is 23.2 Å². The van der Waals surface area contributed by atoms with Gasteiger partial charge in [0.05, 0.1) is 7.11 Å². The molecule has 0 atom stereocenters. The third-order valence-corrected chi connectivity index (χ3v) is 3.34. The standard InChI is InChI=1S/C16H13F4NO4/c1-22-13-6-9(2-4-11(13)23-15(17)18)8-21-10-3-5-12-14(7-10)25-16(19,20)24-12/h2-7,15,21H,8H2,1H3. The number of anilines is 1. The molecule has 0 radical (unpaired) electrons. The van der Waals surface area contributed by atoms with Crippen LogP contribution in [0.3, 0.4) is 0 Å². The van der Waals surface area contributed by atoms with E-state index in [-0.39, 0.29) is 23.0 Å². The second-order valence-electron chi connectivity index (χ2n) is 5.05. The molecule has 0 aliphatic carbocycles. The lowest BCUT2D eigenvalue weighted by Crippen LogP contribution is -2.25. The van der Waals surface area contributed by atoms with Gasteiger partial charge in [0, 0.05) is 18.3 Å². The van der Waals surface area contributed by atoms with Crippen molar-refractivity contribution in [3.63, 3.8) is 0 Å². The minimum atomic E-state index is -3.67. The van der Waals surface area contributed by atoms with Crippen molar-refractivity contribution in [2.24, 2.45) is 0 Å². The highest BCUT2D eigenvalue weighted by Gasteiger charge is 2.43. The summed E-state index contributed by atoms with van der Waals surface area (Å²) in [6, 6.07) is 8.76. The fraction of sp³-hybridized carbons (Fsp3) is 0.250. The van der Waals surface area contributed by atoms with Gasteiger partial charge in [-0.2, -0.15) is 8.78 Å². The Morgan fingerprint density at radius 3 is 2.52 bits per heavy atom. The van der Waals surface area contributed by atoms with Gasteiger partial charge in [0.2, 0.25) is 0 Å². The van der Waals surface area contributed by atoms with Crippen molar-refractivity contribution in [3.8, 4) is 23.0 Å². The van der Waals surface area contributed by atoms with Crippen LogP contribution in [0.2, 0.25) is 0 Å². The molecule has 0 fully saturated rings. The molecule has 25 heavy (non-hydrogen) atoms. The van der Waals surface area contributed by atoms with Gasteiger partial charge in [0.15, 0.2) is 23.0 Å². The molecule has 0 bridgehead atoms. The van der Waals surface area contributed by atoms with E-state index >= 15 is 0 Å². The highest BCUT2D eigenvalue weighted by atomic mass is 19.3. The predicted octanol–water partition coefficient (Wildman–Crippen LogP) is 4.23. The van der Waals surface area contributed by atoms with Gasteiger partial charge < -0.3 is 24.3 Å². The van der Waals surface area contributed by atoms with Crippen molar-refractivity contribution in [2.45, 2.75) is 19.5 Å². The number of halogens is 4. The van der Waals surface area contributed by atoms with Gasteiger partial charge in [-0.05, 0) is 29.8 Å². The number of rotatable bonds is 6. The molecular formula is C16H13F4NO4. The first-order valence-corrected chi connectivity index (χ1v) is 7.12. The van der Waals surface area contributed by atoms with Gasteiger partial charge in [0.25, 0.3) is 0 Å². The van der Waals surface area contributed by atoms with Crippen LogP contribution in [0.25, 0.3) is 0 Å². The van der Waals surface area contributed by atoms with Crippen molar-refractivity contribution >= 4 is 5.69 Å². The molecule has 2 aromatic carbocycles. The van der Waals surface area contributed by atoms with E-state index in [4.69, 9.17) is 4.74 Å². The number of alkyl halides is 4. The van der Waals surface area contributed by atoms with E-state index in [0.717, 1.165) is 0 Å². The molecule has 0 spiro atoms. The maximum absolute atomic E-state index is 13.0. The van der Waals surface area contributed by atoms with Gasteiger partial charge in [-0.3, -0.25) is 0 Å². The Hall–Kier alpha value is -2.84. The zero-order chi connectivity index (χ0) is 18.0. The topological polar surface area (TPSA) is 49.0 Å². The van der Waals surface area contributed by atoms with Crippen LogP contribution >= 0.6 is 0 Å². The normalized spacial score (nSPS) is 14.5. The smallest absolute Gasteiger partial charge is 0.493 e. The van der Waals surface area contributed by atoms with Gasteiger partial charge in [0.1, 0.15) is 0 Å². The van der Waals surface area contributed by atoms with Crippen molar-refractivity contribution < 1.29 is 36.5 Å². The van der Waals surface area contributed by atoms with Crippen LogP contribution in [-0.2, 0) is 6.54 Å². The molecule has 9 heteroatoms. The highest BCUT2D eigenvalue weighted by Crippen LogP contribution is 2.42. The van der Waals surface area contributed by atoms with Crippen molar-refractivity contribution in [3.05, 3.63) is 42.0 Å². The first-order valence-electron chi connectivity index (χ1n) is 7.12. The predicted molar refractivity (Wildman–Crippen MR) is 79.6 cm³/mol. The van der Waals surface area contributed by atoms with Crippen LogP contribution in [0, 0.1) is 0 Å². The summed E-state index contributed by atoms with van der Waals surface area (Å²) in [6.07, 6.45) is -3.67. The largest absolute Gasteiger partial charge is 0.586 e. The summed E-state index contributed by atoms with van der Waals surface area (Å²) in [6.45, 7) is -2.66. The van der Waals surface area contributed by atoms with Crippen LogP contribution < -0.4 is 24.3 Å². The molecule has 1 aliphatic heterocycles. The highest BCUT2D eigenvalue weighted by molar-refractivity contribution is 5.56. The monoisotopic (exact) mass is 359 g/mol. The number of methoxy groups -OCH3 is 1. The van der Waals surface area contributed by atoms with E-state index in [9.17, 15) is 17.6 Å². The second-order valence-corrected chi connectivity index (χ2v) is 5.05. The Balaban J connectivity index is 1.68. The molecule has 0 amide bonds. The minimum Gasteiger partial charge on any atom is -0.493 e. The van der Waals surface area contributed by atoms with Crippen LogP contribution in [0.5, 0.6) is 23.0 Å². The molecule has 0 saturated carbocycles. The summed E-state index contributed by atoms with van der Waals surface area (Å²) in [4.78, 5) is 0. The summed E-state index contributed by atoms with van der Waals surface area (Å²) in [5, 5.41) is 3.00. The van der Waals surface area contributed by atoms with Gasteiger partial charge in [-0.1, -0.05) is 6.07 Å². The third-order valence-electron chi connectivity index (χ3n) is 3.34. The van der Waals surface area contributed by atoms with Gasteiger partial charge >= 0.3 is 12.9 Å². The number of nitrogens with one attached hydrogen (secondary N) is 1. The fourth-order valence-electron chi connectivity index (χ4n) is 2.28. The lowest BCUT2D eigenvalue weighted by molar-refractivity contribution is -0.286. The number of hydrogen-bond donors (Lipinski definition) is 1.